The van der Waals surface area contributed by atoms with Crippen molar-refractivity contribution < 1.29 is 28.8 Å². The van der Waals surface area contributed by atoms with Gasteiger partial charge in [-0.2, -0.15) is 0 Å². The number of hydrogen-bond acceptors (Lipinski definition) is 8. The van der Waals surface area contributed by atoms with E-state index in [1.54, 1.807) is 6.07 Å². The predicted molar refractivity (Wildman–Crippen MR) is 79.9 cm³/mol. The monoisotopic (exact) mass is 342 g/mol. The molecule has 124 valence electrons. The first-order chi connectivity index (χ1) is 10.8. The zero-order valence-electron chi connectivity index (χ0n) is 12.3. The van der Waals surface area contributed by atoms with Gasteiger partial charge in [-0.1, -0.05) is 12.1 Å². The first kappa shape index (κ1) is 18.4. The van der Waals surface area contributed by atoms with E-state index in [4.69, 9.17) is 4.74 Å². The van der Waals surface area contributed by atoms with Crippen LogP contribution in [0.1, 0.15) is 6.92 Å². The number of alkyl carbamates (subject to hydrolysis) is 1. The molecule has 0 aliphatic rings. The highest BCUT2D eigenvalue weighted by atomic mass is 32.2. The second-order valence-corrected chi connectivity index (χ2v) is 5.14. The minimum atomic E-state index is -1.20. The maximum atomic E-state index is 11.7. The number of hydrogen-bond donors (Lipinski definition) is 1. The number of thioether (sulfide) groups is 1. The van der Waals surface area contributed by atoms with Crippen molar-refractivity contribution in [2.45, 2.75) is 17.9 Å². The number of rotatable bonds is 6. The molecule has 0 radical (unpaired) electrons. The molecule has 0 spiro atoms. The normalized spacial score (nSPS) is 11.2. The van der Waals surface area contributed by atoms with Crippen LogP contribution in [0.3, 0.4) is 0 Å². The number of carbonyl (C=O) groups is 3. The van der Waals surface area contributed by atoms with Gasteiger partial charge < -0.3 is 9.47 Å². The number of benzene rings is 1. The number of nitro benzene ring substituents is 1. The first-order valence-electron chi connectivity index (χ1n) is 6.29. The third kappa shape index (κ3) is 5.94. The lowest BCUT2D eigenvalue weighted by Gasteiger charge is -2.12. The summed E-state index contributed by atoms with van der Waals surface area (Å²) in [6.07, 6.45) is -2.17. The van der Waals surface area contributed by atoms with E-state index in [1.807, 2.05) is 5.32 Å². The van der Waals surface area contributed by atoms with Crippen LogP contribution in [0.25, 0.3) is 0 Å². The fourth-order valence-corrected chi connectivity index (χ4v) is 2.21. The quantitative estimate of drug-likeness (QED) is 0.357. The van der Waals surface area contributed by atoms with Crippen molar-refractivity contribution in [3.05, 3.63) is 34.4 Å². The maximum absolute atomic E-state index is 11.7. The second-order valence-electron chi connectivity index (χ2n) is 4.13. The van der Waals surface area contributed by atoms with Gasteiger partial charge >= 0.3 is 12.1 Å². The average Bonchev–Trinajstić information content (AvgIpc) is 2.52. The summed E-state index contributed by atoms with van der Waals surface area (Å²) in [5, 5.41) is 12.7. The van der Waals surface area contributed by atoms with Crippen molar-refractivity contribution >= 4 is 35.4 Å². The minimum Gasteiger partial charge on any atom is -0.453 e. The van der Waals surface area contributed by atoms with E-state index < -0.39 is 29.0 Å². The number of carbonyl (C=O) groups excluding carboxylic acids is 3. The molecule has 0 fully saturated rings. The maximum Gasteiger partial charge on any atom is 0.413 e. The third-order valence-electron chi connectivity index (χ3n) is 2.50. The molecule has 0 aliphatic heterocycles. The Kier molecular flexibility index (Phi) is 7.00. The van der Waals surface area contributed by atoms with Crippen LogP contribution in [0.2, 0.25) is 0 Å². The Balaban J connectivity index is 2.53. The van der Waals surface area contributed by atoms with Crippen LogP contribution in [0.4, 0.5) is 10.5 Å². The van der Waals surface area contributed by atoms with E-state index >= 15 is 0 Å². The number of methoxy groups -OCH3 is 1. The smallest absolute Gasteiger partial charge is 0.413 e. The molecule has 1 rings (SSSR count). The fourth-order valence-electron chi connectivity index (χ4n) is 1.40. The molecule has 0 unspecified atom stereocenters. The van der Waals surface area contributed by atoms with Crippen molar-refractivity contribution in [1.29, 1.82) is 0 Å². The number of amides is 2. The van der Waals surface area contributed by atoms with Crippen LogP contribution in [-0.2, 0) is 19.1 Å². The lowest BCUT2D eigenvalue weighted by molar-refractivity contribution is -0.387. The number of nitrogens with one attached hydrogen (secondary N) is 1. The zero-order valence-corrected chi connectivity index (χ0v) is 13.1. The molecule has 10 heteroatoms. The average molecular weight is 342 g/mol. The standard InChI is InChI=1S/C13H14N2O7S/c1-8(12(17)14-13(18)21-2)22-11(16)7-23-10-6-4-3-5-9(10)15(19)20/h3-6,8H,7H2,1-2H3,(H,14,17,18)/t8-/m1/s1. The minimum absolute atomic E-state index is 0.123. The highest BCUT2D eigenvalue weighted by molar-refractivity contribution is 8.00. The molecule has 1 N–H and O–H groups in total. The number of imide groups is 1. The molecule has 0 aliphatic carbocycles. The topological polar surface area (TPSA) is 125 Å². The summed E-state index contributed by atoms with van der Waals surface area (Å²) >= 11 is 0.916. The Morgan fingerprint density at radius 1 is 1.35 bits per heavy atom. The van der Waals surface area contributed by atoms with Crippen LogP contribution >= 0.6 is 11.8 Å². The van der Waals surface area contributed by atoms with Gasteiger partial charge in [0.05, 0.1) is 22.7 Å². The van der Waals surface area contributed by atoms with Gasteiger partial charge in [0.1, 0.15) is 0 Å². The summed E-state index contributed by atoms with van der Waals surface area (Å²) in [6, 6.07) is 5.94. The van der Waals surface area contributed by atoms with E-state index in [1.165, 1.54) is 25.1 Å². The molecule has 2 amide bonds. The fraction of sp³-hybridized carbons (Fsp3) is 0.308. The van der Waals surface area contributed by atoms with E-state index in [2.05, 4.69) is 4.74 Å². The van der Waals surface area contributed by atoms with Crippen molar-refractivity contribution in [2.24, 2.45) is 0 Å². The lowest BCUT2D eigenvalue weighted by atomic mass is 10.3. The molecule has 1 aromatic carbocycles. The van der Waals surface area contributed by atoms with Crippen molar-refractivity contribution in [3.63, 3.8) is 0 Å². The van der Waals surface area contributed by atoms with Gasteiger partial charge in [-0.3, -0.25) is 25.0 Å². The molecule has 0 bridgehead atoms. The van der Waals surface area contributed by atoms with Gasteiger partial charge in [-0.25, -0.2) is 4.79 Å². The first-order valence-corrected chi connectivity index (χ1v) is 7.28. The molecule has 0 saturated carbocycles. The lowest BCUT2D eigenvalue weighted by Crippen LogP contribution is -2.39. The number of nitrogens with zero attached hydrogens (tertiary/aromatic N) is 1. The van der Waals surface area contributed by atoms with Crippen LogP contribution in [0.15, 0.2) is 29.2 Å². The number of para-hydroxylation sites is 1. The molecular formula is C13H14N2O7S. The van der Waals surface area contributed by atoms with Crippen LogP contribution < -0.4 is 5.32 Å². The van der Waals surface area contributed by atoms with E-state index in [0.29, 0.717) is 4.90 Å². The van der Waals surface area contributed by atoms with Gasteiger partial charge in [-0.15, -0.1) is 11.8 Å². The summed E-state index contributed by atoms with van der Waals surface area (Å²) in [6.45, 7) is 1.28. The van der Waals surface area contributed by atoms with Gasteiger partial charge in [0.25, 0.3) is 11.6 Å². The molecule has 0 heterocycles. The summed E-state index contributed by atoms with van der Waals surface area (Å²) in [4.78, 5) is 44.6. The molecule has 1 atom stereocenters. The number of ether oxygens (including phenoxy) is 2. The molecule has 0 aromatic heterocycles. The van der Waals surface area contributed by atoms with Crippen LogP contribution in [-0.4, -0.2) is 41.9 Å². The summed E-state index contributed by atoms with van der Waals surface area (Å²) in [5.41, 5.74) is -0.123. The summed E-state index contributed by atoms with van der Waals surface area (Å²) in [7, 11) is 1.09. The highest BCUT2D eigenvalue weighted by Gasteiger charge is 2.21. The van der Waals surface area contributed by atoms with Gasteiger partial charge in [-0.05, 0) is 13.0 Å². The molecular weight excluding hydrogens is 328 g/mol. The largest absolute Gasteiger partial charge is 0.453 e. The molecule has 0 saturated heterocycles. The number of nitro groups is 1. The van der Waals surface area contributed by atoms with Crippen molar-refractivity contribution in [3.8, 4) is 0 Å². The second kappa shape index (κ2) is 8.73. The van der Waals surface area contributed by atoms with Crippen molar-refractivity contribution in [1.82, 2.24) is 5.32 Å². The molecule has 9 nitrogen and oxygen atoms in total. The van der Waals surface area contributed by atoms with Crippen LogP contribution in [0.5, 0.6) is 0 Å². The predicted octanol–water partition coefficient (Wildman–Crippen LogP) is 1.50. The van der Waals surface area contributed by atoms with Crippen molar-refractivity contribution in [2.75, 3.05) is 12.9 Å². The highest BCUT2D eigenvalue weighted by Crippen LogP contribution is 2.28. The van der Waals surface area contributed by atoms with Gasteiger partial charge in [0.15, 0.2) is 6.10 Å². The SMILES string of the molecule is COC(=O)NC(=O)[C@@H](C)OC(=O)CSc1ccccc1[N+](=O)[O-]. The van der Waals surface area contributed by atoms with E-state index in [-0.39, 0.29) is 11.4 Å². The van der Waals surface area contributed by atoms with E-state index in [0.717, 1.165) is 18.9 Å². The Morgan fingerprint density at radius 2 is 2.00 bits per heavy atom. The Hall–Kier alpha value is -2.62. The van der Waals surface area contributed by atoms with Crippen LogP contribution in [0, 0.1) is 10.1 Å². The Labute approximate surface area is 135 Å². The molecule has 1 aromatic rings. The van der Waals surface area contributed by atoms with Gasteiger partial charge in [0, 0.05) is 6.07 Å². The van der Waals surface area contributed by atoms with Gasteiger partial charge in [0.2, 0.25) is 0 Å². The summed E-state index contributed by atoms with van der Waals surface area (Å²) < 4.78 is 9.07. The third-order valence-corrected chi connectivity index (χ3v) is 3.53. The zero-order chi connectivity index (χ0) is 17.4. The Morgan fingerprint density at radius 3 is 2.61 bits per heavy atom. The number of esters is 1. The Bertz CT molecular complexity index is 620. The summed E-state index contributed by atoms with van der Waals surface area (Å²) in [5.74, 6) is -1.80. The molecule has 23 heavy (non-hydrogen) atoms. The van der Waals surface area contributed by atoms with E-state index in [9.17, 15) is 24.5 Å².